The number of rotatable bonds is 2. The predicted octanol–water partition coefficient (Wildman–Crippen LogP) is 2.03. The number of benzene rings is 1. The third-order valence-corrected chi connectivity index (χ3v) is 3.18. The summed E-state index contributed by atoms with van der Waals surface area (Å²) in [6.45, 7) is 0. The maximum atomic E-state index is 10.9. The molecule has 0 saturated carbocycles. The minimum absolute atomic E-state index is 0.00963. The molecule has 3 aromatic rings. The van der Waals surface area contributed by atoms with Crippen LogP contribution in [0.25, 0.3) is 22.3 Å². The summed E-state index contributed by atoms with van der Waals surface area (Å²) in [4.78, 5) is 19.1. The van der Waals surface area contributed by atoms with Crippen molar-refractivity contribution in [2.24, 2.45) is 0 Å². The lowest BCUT2D eigenvalue weighted by Crippen LogP contribution is -2.00. The molecule has 2 heterocycles. The average Bonchev–Trinajstić information content (AvgIpc) is 2.84. The summed E-state index contributed by atoms with van der Waals surface area (Å²) >= 11 is 1.12. The van der Waals surface area contributed by atoms with Gasteiger partial charge in [0.25, 0.3) is 0 Å². The number of carbonyl (C=O) groups is 1. The van der Waals surface area contributed by atoms with Gasteiger partial charge < -0.3 is 10.8 Å². The van der Waals surface area contributed by atoms with Crippen LogP contribution in [0.5, 0.6) is 0 Å². The van der Waals surface area contributed by atoms with Gasteiger partial charge in [-0.2, -0.15) is 9.36 Å². The Morgan fingerprint density at radius 1 is 1.21 bits per heavy atom. The summed E-state index contributed by atoms with van der Waals surface area (Å²) in [6.07, 6.45) is 0. The van der Waals surface area contributed by atoms with Gasteiger partial charge in [-0.15, -0.1) is 0 Å². The van der Waals surface area contributed by atoms with Gasteiger partial charge in [0, 0.05) is 22.5 Å². The van der Waals surface area contributed by atoms with E-state index < -0.39 is 5.97 Å². The number of fused-ring (bicyclic) bond motifs is 1. The fraction of sp³-hybridized carbons (Fsp3) is 0. The second kappa shape index (κ2) is 4.29. The summed E-state index contributed by atoms with van der Waals surface area (Å²) in [6, 6.07) is 8.56. The zero-order valence-corrected chi connectivity index (χ0v) is 10.4. The molecule has 0 unspecified atom stereocenters. The zero-order chi connectivity index (χ0) is 13.4. The Bertz CT molecular complexity index is 784. The van der Waals surface area contributed by atoms with Gasteiger partial charge in [0.2, 0.25) is 0 Å². The highest BCUT2D eigenvalue weighted by atomic mass is 32.1. The molecule has 19 heavy (non-hydrogen) atoms. The van der Waals surface area contributed by atoms with Gasteiger partial charge in [0.1, 0.15) is 5.69 Å². The summed E-state index contributed by atoms with van der Waals surface area (Å²) in [7, 11) is 0. The Balaban J connectivity index is 2.24. The molecule has 94 valence electrons. The van der Waals surface area contributed by atoms with Gasteiger partial charge in [-0.05, 0) is 18.2 Å². The summed E-state index contributed by atoms with van der Waals surface area (Å²) in [5.74, 6) is -0.527. The predicted molar refractivity (Wildman–Crippen MR) is 72.0 cm³/mol. The van der Waals surface area contributed by atoms with E-state index in [1.165, 1.54) is 6.07 Å². The molecule has 0 saturated heterocycles. The first-order valence-electron chi connectivity index (χ1n) is 5.38. The Morgan fingerprint density at radius 2 is 2.05 bits per heavy atom. The van der Waals surface area contributed by atoms with Crippen molar-refractivity contribution in [2.45, 2.75) is 0 Å². The molecule has 1 aromatic carbocycles. The zero-order valence-electron chi connectivity index (χ0n) is 9.57. The number of nitrogens with zero attached hydrogens (tertiary/aromatic N) is 3. The van der Waals surface area contributed by atoms with Crippen LogP contribution in [-0.4, -0.2) is 25.4 Å². The van der Waals surface area contributed by atoms with Crippen LogP contribution in [0, 0.1) is 0 Å². The maximum Gasteiger partial charge on any atom is 0.354 e. The highest BCUT2D eigenvalue weighted by molar-refractivity contribution is 7.09. The quantitative estimate of drug-likeness (QED) is 0.740. The second-order valence-corrected chi connectivity index (χ2v) is 4.61. The number of aromatic nitrogens is 3. The highest BCUT2D eigenvalue weighted by Gasteiger charge is 2.11. The number of carboxylic acid groups (broad SMARTS) is 1. The molecule has 6 nitrogen and oxygen atoms in total. The highest BCUT2D eigenvalue weighted by Crippen LogP contribution is 2.27. The van der Waals surface area contributed by atoms with Crippen molar-refractivity contribution in [2.75, 3.05) is 5.73 Å². The molecule has 0 aliphatic carbocycles. The normalized spacial score (nSPS) is 10.7. The molecular formula is C12H8N4O2S. The molecule has 3 N–H and O–H groups in total. The Kier molecular flexibility index (Phi) is 2.60. The SMILES string of the molecule is Nc1nc(-c2cccc3nc(C(=O)O)ccc23)ns1. The number of anilines is 1. The van der Waals surface area contributed by atoms with Crippen molar-refractivity contribution in [1.82, 2.24) is 14.3 Å². The third-order valence-electron chi connectivity index (χ3n) is 2.63. The topological polar surface area (TPSA) is 102 Å². The molecule has 0 fully saturated rings. The van der Waals surface area contributed by atoms with Gasteiger partial charge in [-0.3, -0.25) is 0 Å². The Hall–Kier alpha value is -2.54. The van der Waals surface area contributed by atoms with Crippen molar-refractivity contribution in [3.8, 4) is 11.4 Å². The van der Waals surface area contributed by atoms with Crippen LogP contribution in [0.3, 0.4) is 0 Å². The van der Waals surface area contributed by atoms with Crippen molar-refractivity contribution < 1.29 is 9.90 Å². The van der Waals surface area contributed by atoms with E-state index >= 15 is 0 Å². The van der Waals surface area contributed by atoms with Gasteiger partial charge in [0.05, 0.1) is 5.52 Å². The van der Waals surface area contributed by atoms with Crippen LogP contribution in [-0.2, 0) is 0 Å². The van der Waals surface area contributed by atoms with Crippen LogP contribution in [0.15, 0.2) is 30.3 Å². The number of hydrogen-bond acceptors (Lipinski definition) is 6. The van der Waals surface area contributed by atoms with E-state index in [-0.39, 0.29) is 5.69 Å². The van der Waals surface area contributed by atoms with Gasteiger partial charge in [-0.25, -0.2) is 9.78 Å². The summed E-state index contributed by atoms with van der Waals surface area (Å²) in [5, 5.41) is 10.1. The lowest BCUT2D eigenvalue weighted by atomic mass is 10.1. The number of nitrogens with two attached hydrogens (primary N) is 1. The third kappa shape index (κ3) is 2.00. The first-order valence-corrected chi connectivity index (χ1v) is 6.15. The van der Waals surface area contributed by atoms with Gasteiger partial charge >= 0.3 is 5.97 Å². The molecule has 2 aromatic heterocycles. The van der Waals surface area contributed by atoms with Crippen LogP contribution in [0.4, 0.5) is 5.13 Å². The molecule has 0 radical (unpaired) electrons. The Morgan fingerprint density at radius 3 is 2.74 bits per heavy atom. The molecular weight excluding hydrogens is 264 g/mol. The average molecular weight is 272 g/mol. The number of nitrogen functional groups attached to an aromatic ring is 1. The van der Waals surface area contributed by atoms with E-state index in [4.69, 9.17) is 10.8 Å². The smallest absolute Gasteiger partial charge is 0.354 e. The lowest BCUT2D eigenvalue weighted by molar-refractivity contribution is 0.0691. The van der Waals surface area contributed by atoms with Crippen LogP contribution in [0.2, 0.25) is 0 Å². The molecule has 0 atom stereocenters. The van der Waals surface area contributed by atoms with Crippen molar-refractivity contribution in [1.29, 1.82) is 0 Å². The molecule has 0 spiro atoms. The van der Waals surface area contributed by atoms with Gasteiger partial charge in [0.15, 0.2) is 11.0 Å². The minimum atomic E-state index is -1.05. The first kappa shape index (κ1) is 11.5. The molecule has 0 bridgehead atoms. The first-order chi connectivity index (χ1) is 9.15. The number of carboxylic acids is 1. The fourth-order valence-electron chi connectivity index (χ4n) is 1.81. The van der Waals surface area contributed by atoms with E-state index in [0.29, 0.717) is 16.5 Å². The second-order valence-electron chi connectivity index (χ2n) is 3.83. The maximum absolute atomic E-state index is 10.9. The van der Waals surface area contributed by atoms with Gasteiger partial charge in [-0.1, -0.05) is 12.1 Å². The van der Waals surface area contributed by atoms with Crippen LogP contribution >= 0.6 is 11.5 Å². The Labute approximate surface area is 111 Å². The molecule has 0 aliphatic rings. The molecule has 3 rings (SSSR count). The monoisotopic (exact) mass is 272 g/mol. The van der Waals surface area contributed by atoms with Crippen molar-refractivity contribution in [3.05, 3.63) is 36.0 Å². The van der Waals surface area contributed by atoms with Crippen molar-refractivity contribution >= 4 is 33.5 Å². The summed E-state index contributed by atoms with van der Waals surface area (Å²) in [5.41, 5.74) is 6.96. The van der Waals surface area contributed by atoms with Crippen LogP contribution in [0.1, 0.15) is 10.5 Å². The lowest BCUT2D eigenvalue weighted by Gasteiger charge is -2.03. The number of aromatic carboxylic acids is 1. The summed E-state index contributed by atoms with van der Waals surface area (Å²) < 4.78 is 4.16. The molecule has 7 heteroatoms. The fourth-order valence-corrected chi connectivity index (χ4v) is 2.26. The minimum Gasteiger partial charge on any atom is -0.477 e. The van der Waals surface area contributed by atoms with E-state index in [0.717, 1.165) is 22.5 Å². The molecule has 0 amide bonds. The van der Waals surface area contributed by atoms with E-state index in [1.807, 2.05) is 6.07 Å². The molecule has 0 aliphatic heterocycles. The number of pyridine rings is 1. The van der Waals surface area contributed by atoms with Crippen LogP contribution < -0.4 is 5.73 Å². The van der Waals surface area contributed by atoms with E-state index in [2.05, 4.69) is 14.3 Å². The standard InChI is InChI=1S/C12H8N4O2S/c13-12-15-10(16-19-12)7-2-1-3-8-6(7)4-5-9(14-8)11(17)18/h1-5H,(H,17,18)(H2,13,15,16). The van der Waals surface area contributed by atoms with Crippen molar-refractivity contribution in [3.63, 3.8) is 0 Å². The number of hydrogen-bond donors (Lipinski definition) is 2. The largest absolute Gasteiger partial charge is 0.477 e. The van der Waals surface area contributed by atoms with E-state index in [1.54, 1.807) is 18.2 Å². The van der Waals surface area contributed by atoms with E-state index in [9.17, 15) is 4.79 Å².